The quantitative estimate of drug-likeness (QED) is 0.296. The summed E-state index contributed by atoms with van der Waals surface area (Å²) in [5, 5.41) is 5.18. The Bertz CT molecular complexity index is 1570. The molecule has 5 rings (SSSR count). The van der Waals surface area contributed by atoms with E-state index in [9.17, 15) is 18.0 Å². The molecule has 176 valence electrons. The van der Waals surface area contributed by atoms with Gasteiger partial charge in [-0.05, 0) is 53.4 Å². The van der Waals surface area contributed by atoms with E-state index in [0.29, 0.717) is 16.2 Å². The number of benzene rings is 2. The van der Waals surface area contributed by atoms with Crippen LogP contribution in [0.4, 0.5) is 13.2 Å². The first-order chi connectivity index (χ1) is 16.7. The molecule has 0 unspecified atom stereocenters. The minimum atomic E-state index is -4.53. The van der Waals surface area contributed by atoms with Crippen LogP contribution in [0.5, 0.6) is 0 Å². The number of alkyl halides is 3. The smallest absolute Gasteiger partial charge is 0.251 e. The van der Waals surface area contributed by atoms with Crippen molar-refractivity contribution in [2.75, 3.05) is 0 Å². The van der Waals surface area contributed by atoms with E-state index in [1.807, 2.05) is 49.4 Å². The molecule has 0 saturated carbocycles. The summed E-state index contributed by atoms with van der Waals surface area (Å²) in [6.07, 6.45) is -1.77. The van der Waals surface area contributed by atoms with E-state index in [1.165, 1.54) is 15.1 Å². The average molecular weight is 495 g/mol. The number of aromatic nitrogens is 4. The van der Waals surface area contributed by atoms with Crippen molar-refractivity contribution in [1.29, 1.82) is 0 Å². The number of nitrogens with zero attached hydrogens (tertiary/aromatic N) is 4. The van der Waals surface area contributed by atoms with Crippen molar-refractivity contribution < 1.29 is 13.2 Å². The Hall–Kier alpha value is -3.91. The minimum Gasteiger partial charge on any atom is -0.251 e. The fraction of sp³-hybridized carbons (Fsp3) is 0.115. The van der Waals surface area contributed by atoms with Crippen molar-refractivity contribution in [2.45, 2.75) is 19.6 Å². The maximum Gasteiger partial charge on any atom is 0.433 e. The standard InChI is InChI=1S/C26H18ClF3N4O/c1-16-2-5-19(6-3-16)23-21(18-7-9-20(27)10-8-18)12-13-33-24(23)32-34(25(33)35)15-17-4-11-22(31-14-17)26(28,29)30/h2-14H,15H2,1H3. The van der Waals surface area contributed by atoms with Crippen LogP contribution in [0.2, 0.25) is 5.02 Å². The first kappa shape index (κ1) is 22.9. The van der Waals surface area contributed by atoms with E-state index in [4.69, 9.17) is 11.6 Å². The van der Waals surface area contributed by atoms with Crippen LogP contribution in [0.15, 0.2) is 83.9 Å². The highest BCUT2D eigenvalue weighted by Gasteiger charge is 2.32. The molecule has 5 nitrogen and oxygen atoms in total. The van der Waals surface area contributed by atoms with Gasteiger partial charge in [-0.15, -0.1) is 5.10 Å². The highest BCUT2D eigenvalue weighted by Crippen LogP contribution is 2.35. The van der Waals surface area contributed by atoms with E-state index >= 15 is 0 Å². The van der Waals surface area contributed by atoms with E-state index < -0.39 is 17.6 Å². The average Bonchev–Trinajstić information content (AvgIpc) is 3.14. The van der Waals surface area contributed by atoms with Gasteiger partial charge in [0.25, 0.3) is 0 Å². The Morgan fingerprint density at radius 1 is 0.914 bits per heavy atom. The molecule has 0 saturated heterocycles. The molecular formula is C26H18ClF3N4O. The maximum absolute atomic E-state index is 13.1. The fourth-order valence-corrected chi connectivity index (χ4v) is 4.04. The van der Waals surface area contributed by atoms with Crippen LogP contribution < -0.4 is 5.69 Å². The van der Waals surface area contributed by atoms with E-state index in [0.717, 1.165) is 40.1 Å². The molecule has 0 fully saturated rings. The SMILES string of the molecule is Cc1ccc(-c2c(-c3ccc(Cl)cc3)ccn3c(=O)n(Cc4ccc(C(F)(F)F)nc4)nc23)cc1. The highest BCUT2D eigenvalue weighted by molar-refractivity contribution is 6.30. The molecule has 0 aliphatic rings. The van der Waals surface area contributed by atoms with Crippen LogP contribution >= 0.6 is 11.6 Å². The number of aryl methyl sites for hydroxylation is 1. The lowest BCUT2D eigenvalue weighted by atomic mass is 9.95. The number of rotatable bonds is 4. The molecule has 0 atom stereocenters. The molecule has 2 aromatic carbocycles. The van der Waals surface area contributed by atoms with Crippen LogP contribution in [0.1, 0.15) is 16.8 Å². The molecule has 35 heavy (non-hydrogen) atoms. The molecule has 0 aliphatic heterocycles. The van der Waals surface area contributed by atoms with Gasteiger partial charge in [0.1, 0.15) is 5.69 Å². The Morgan fingerprint density at radius 3 is 2.23 bits per heavy atom. The number of hydrogen-bond acceptors (Lipinski definition) is 3. The van der Waals surface area contributed by atoms with Crippen LogP contribution in [0.25, 0.3) is 27.9 Å². The summed E-state index contributed by atoms with van der Waals surface area (Å²) in [5.41, 5.74) is 3.97. The summed E-state index contributed by atoms with van der Waals surface area (Å²) < 4.78 is 41.2. The van der Waals surface area contributed by atoms with Gasteiger partial charge in [-0.1, -0.05) is 59.6 Å². The van der Waals surface area contributed by atoms with Gasteiger partial charge in [0.05, 0.1) is 6.54 Å². The Balaban J connectivity index is 1.66. The zero-order valence-electron chi connectivity index (χ0n) is 18.4. The molecule has 0 radical (unpaired) electrons. The summed E-state index contributed by atoms with van der Waals surface area (Å²) in [6, 6.07) is 19.3. The summed E-state index contributed by atoms with van der Waals surface area (Å²) in [4.78, 5) is 16.6. The number of halogens is 4. The van der Waals surface area contributed by atoms with Crippen LogP contribution in [0, 0.1) is 6.92 Å². The van der Waals surface area contributed by atoms with Crippen LogP contribution in [0.3, 0.4) is 0 Å². The fourth-order valence-electron chi connectivity index (χ4n) is 3.91. The zero-order chi connectivity index (χ0) is 24.7. The van der Waals surface area contributed by atoms with Crippen molar-refractivity contribution >= 4 is 17.2 Å². The lowest BCUT2D eigenvalue weighted by Gasteiger charge is -2.12. The second kappa shape index (κ2) is 8.70. The van der Waals surface area contributed by atoms with E-state index in [-0.39, 0.29) is 6.54 Å². The van der Waals surface area contributed by atoms with E-state index in [1.54, 1.807) is 18.3 Å². The van der Waals surface area contributed by atoms with Gasteiger partial charge in [-0.3, -0.25) is 4.98 Å². The Labute approximate surface area is 203 Å². The summed E-state index contributed by atoms with van der Waals surface area (Å²) in [6.45, 7) is 1.97. The molecule has 3 heterocycles. The highest BCUT2D eigenvalue weighted by atomic mass is 35.5. The van der Waals surface area contributed by atoms with E-state index in [2.05, 4.69) is 10.1 Å². The topological polar surface area (TPSA) is 52.2 Å². The van der Waals surface area contributed by atoms with Gasteiger partial charge in [0.2, 0.25) is 0 Å². The third-order valence-corrected chi connectivity index (χ3v) is 5.95. The van der Waals surface area contributed by atoms with Gasteiger partial charge in [0.15, 0.2) is 5.65 Å². The monoisotopic (exact) mass is 494 g/mol. The largest absolute Gasteiger partial charge is 0.433 e. The van der Waals surface area contributed by atoms with Gasteiger partial charge in [-0.2, -0.15) is 13.2 Å². The first-order valence-corrected chi connectivity index (χ1v) is 11.1. The number of hydrogen-bond donors (Lipinski definition) is 0. The Morgan fingerprint density at radius 2 is 1.60 bits per heavy atom. The molecular weight excluding hydrogens is 477 g/mol. The molecule has 3 aromatic heterocycles. The summed E-state index contributed by atoms with van der Waals surface area (Å²) in [7, 11) is 0. The maximum atomic E-state index is 13.1. The minimum absolute atomic E-state index is 0.0186. The first-order valence-electron chi connectivity index (χ1n) is 10.7. The number of fused-ring (bicyclic) bond motifs is 1. The van der Waals surface area contributed by atoms with Gasteiger partial charge in [-0.25, -0.2) is 13.9 Å². The number of pyridine rings is 2. The predicted octanol–water partition coefficient (Wildman–Crippen LogP) is 6.25. The molecule has 0 N–H and O–H groups in total. The molecule has 9 heteroatoms. The zero-order valence-corrected chi connectivity index (χ0v) is 19.2. The molecule has 0 spiro atoms. The second-order valence-electron chi connectivity index (χ2n) is 8.16. The van der Waals surface area contributed by atoms with Crippen LogP contribution in [-0.4, -0.2) is 19.2 Å². The molecule has 5 aromatic rings. The summed E-state index contributed by atoms with van der Waals surface area (Å²) >= 11 is 6.08. The normalized spacial score (nSPS) is 11.8. The molecule has 0 aliphatic carbocycles. The predicted molar refractivity (Wildman–Crippen MR) is 128 cm³/mol. The van der Waals surface area contributed by atoms with Crippen molar-refractivity contribution in [2.24, 2.45) is 0 Å². The summed E-state index contributed by atoms with van der Waals surface area (Å²) in [5.74, 6) is 0. The van der Waals surface area contributed by atoms with Gasteiger partial charge in [0, 0.05) is 23.0 Å². The van der Waals surface area contributed by atoms with Crippen molar-refractivity contribution in [1.82, 2.24) is 19.2 Å². The van der Waals surface area contributed by atoms with Crippen molar-refractivity contribution in [3.63, 3.8) is 0 Å². The van der Waals surface area contributed by atoms with Crippen molar-refractivity contribution in [3.8, 4) is 22.3 Å². The lowest BCUT2D eigenvalue weighted by Crippen LogP contribution is -2.21. The van der Waals surface area contributed by atoms with Crippen LogP contribution in [-0.2, 0) is 12.7 Å². The lowest BCUT2D eigenvalue weighted by molar-refractivity contribution is -0.141. The third kappa shape index (κ3) is 4.44. The Kier molecular flexibility index (Phi) is 5.68. The third-order valence-electron chi connectivity index (χ3n) is 5.70. The van der Waals surface area contributed by atoms with Crippen molar-refractivity contribution in [3.05, 3.63) is 111 Å². The van der Waals surface area contributed by atoms with Gasteiger partial charge < -0.3 is 0 Å². The molecule has 0 amide bonds. The molecule has 0 bridgehead atoms. The van der Waals surface area contributed by atoms with Gasteiger partial charge >= 0.3 is 11.9 Å². The second-order valence-corrected chi connectivity index (χ2v) is 8.60.